The van der Waals surface area contributed by atoms with Crippen LogP contribution in [-0.4, -0.2) is 53.6 Å². The molecule has 10 heteroatoms. The second kappa shape index (κ2) is 12.3. The Morgan fingerprint density at radius 3 is 2.36 bits per heavy atom. The van der Waals surface area contributed by atoms with Gasteiger partial charge < -0.3 is 15.4 Å². The maximum absolute atomic E-state index is 13.1. The van der Waals surface area contributed by atoms with Crippen LogP contribution in [0.5, 0.6) is 5.75 Å². The summed E-state index contributed by atoms with van der Waals surface area (Å²) in [5.74, 6) is -1.25. The number of thioether (sulfide) groups is 1. The van der Waals surface area contributed by atoms with Crippen molar-refractivity contribution in [2.75, 3.05) is 19.7 Å². The van der Waals surface area contributed by atoms with Crippen molar-refractivity contribution < 1.29 is 28.3 Å². The topological polar surface area (TPSA) is 105 Å². The predicted octanol–water partition coefficient (Wildman–Crippen LogP) is 3.83. The van der Waals surface area contributed by atoms with Crippen molar-refractivity contribution in [1.29, 1.82) is 0 Å². The molecule has 190 valence electrons. The highest BCUT2D eigenvalue weighted by Gasteiger charge is 2.35. The lowest BCUT2D eigenvalue weighted by Crippen LogP contribution is -2.51. The van der Waals surface area contributed by atoms with Crippen molar-refractivity contribution in [1.82, 2.24) is 15.5 Å². The Morgan fingerprint density at radius 2 is 1.75 bits per heavy atom. The molecular weight excluding hydrogens is 485 g/mol. The van der Waals surface area contributed by atoms with Crippen LogP contribution in [0.2, 0.25) is 0 Å². The Labute approximate surface area is 213 Å². The molecule has 36 heavy (non-hydrogen) atoms. The van der Waals surface area contributed by atoms with Crippen molar-refractivity contribution in [2.24, 2.45) is 5.92 Å². The third kappa shape index (κ3) is 6.94. The smallest absolute Gasteiger partial charge is 0.293 e. The van der Waals surface area contributed by atoms with Gasteiger partial charge in [0.1, 0.15) is 17.6 Å². The van der Waals surface area contributed by atoms with Gasteiger partial charge in [0.05, 0.1) is 11.5 Å². The number of hydrogen-bond acceptors (Lipinski definition) is 6. The first kappa shape index (κ1) is 26.9. The molecule has 1 aliphatic rings. The zero-order valence-electron chi connectivity index (χ0n) is 20.2. The summed E-state index contributed by atoms with van der Waals surface area (Å²) in [5.41, 5.74) is 0.987. The molecule has 1 aliphatic heterocycles. The van der Waals surface area contributed by atoms with Crippen LogP contribution >= 0.6 is 11.8 Å². The fraction of sp³-hybridized carbons (Fsp3) is 0.308. The van der Waals surface area contributed by atoms with Gasteiger partial charge in [0.25, 0.3) is 17.1 Å². The molecule has 0 spiro atoms. The summed E-state index contributed by atoms with van der Waals surface area (Å²) in [6.45, 7) is 6.00. The van der Waals surface area contributed by atoms with Crippen LogP contribution in [0.3, 0.4) is 0 Å². The van der Waals surface area contributed by atoms with Crippen LogP contribution < -0.4 is 15.4 Å². The molecule has 2 aromatic carbocycles. The van der Waals surface area contributed by atoms with Crippen LogP contribution in [0, 0.1) is 11.7 Å². The summed E-state index contributed by atoms with van der Waals surface area (Å²) in [7, 11) is 0. The second-order valence-corrected chi connectivity index (χ2v) is 9.32. The molecule has 1 heterocycles. The number of benzene rings is 2. The highest BCUT2D eigenvalue weighted by atomic mass is 32.2. The largest absolute Gasteiger partial charge is 0.494 e. The molecule has 4 amide bonds. The van der Waals surface area contributed by atoms with Crippen molar-refractivity contribution in [3.05, 3.63) is 70.4 Å². The van der Waals surface area contributed by atoms with Gasteiger partial charge in [-0.1, -0.05) is 26.0 Å². The van der Waals surface area contributed by atoms with Crippen molar-refractivity contribution in [2.45, 2.75) is 26.8 Å². The minimum Gasteiger partial charge on any atom is -0.494 e. The molecule has 2 aromatic rings. The standard InChI is InChI=1S/C26H28FN3O5S/c1-4-35-20-11-7-18(8-12-20)23(31)29-22(16(2)3)24(32)28-13-14-30-25(33)21(36-26(30)34)15-17-5-9-19(27)10-6-17/h5-12,15-16,22H,4,13-14H2,1-3H3,(H,28,32)(H,29,31)/b21-15+/t22-/m0/s1. The van der Waals surface area contributed by atoms with Crippen LogP contribution in [0.1, 0.15) is 36.7 Å². The zero-order valence-corrected chi connectivity index (χ0v) is 21.1. The molecule has 0 unspecified atom stereocenters. The Bertz CT molecular complexity index is 1150. The van der Waals surface area contributed by atoms with E-state index in [1.54, 1.807) is 38.1 Å². The fourth-order valence-electron chi connectivity index (χ4n) is 3.43. The number of ether oxygens (including phenoxy) is 1. The van der Waals surface area contributed by atoms with Gasteiger partial charge in [-0.3, -0.25) is 24.1 Å². The lowest BCUT2D eigenvalue weighted by atomic mass is 10.0. The van der Waals surface area contributed by atoms with Gasteiger partial charge in [0.15, 0.2) is 0 Å². The third-order valence-electron chi connectivity index (χ3n) is 5.34. The molecule has 0 bridgehead atoms. The van der Waals surface area contributed by atoms with Gasteiger partial charge in [0, 0.05) is 18.7 Å². The zero-order chi connectivity index (χ0) is 26.2. The summed E-state index contributed by atoms with van der Waals surface area (Å²) >= 11 is 0.787. The van der Waals surface area contributed by atoms with Crippen LogP contribution in [0.15, 0.2) is 53.4 Å². The van der Waals surface area contributed by atoms with E-state index in [-0.39, 0.29) is 23.9 Å². The highest BCUT2D eigenvalue weighted by molar-refractivity contribution is 8.18. The number of carbonyl (C=O) groups excluding carboxylic acids is 4. The number of imide groups is 1. The number of rotatable bonds is 10. The van der Waals surface area contributed by atoms with Crippen LogP contribution in [0.25, 0.3) is 6.08 Å². The van der Waals surface area contributed by atoms with Crippen molar-refractivity contribution in [3.63, 3.8) is 0 Å². The normalized spacial score (nSPS) is 15.4. The third-order valence-corrected chi connectivity index (χ3v) is 6.25. The fourth-order valence-corrected chi connectivity index (χ4v) is 4.30. The van der Waals surface area contributed by atoms with Crippen LogP contribution in [0.4, 0.5) is 9.18 Å². The van der Waals surface area contributed by atoms with E-state index in [2.05, 4.69) is 10.6 Å². The molecule has 2 N–H and O–H groups in total. The SMILES string of the molecule is CCOc1ccc(C(=O)N[C@H](C(=O)NCCN2C(=O)S/C(=C/c3ccc(F)cc3)C2=O)C(C)C)cc1. The molecule has 0 saturated carbocycles. The predicted molar refractivity (Wildman–Crippen MR) is 136 cm³/mol. The first-order chi connectivity index (χ1) is 17.2. The van der Waals surface area contributed by atoms with E-state index in [0.29, 0.717) is 23.5 Å². The summed E-state index contributed by atoms with van der Waals surface area (Å²) in [6, 6.07) is 11.4. The van der Waals surface area contributed by atoms with Crippen molar-refractivity contribution in [3.8, 4) is 5.75 Å². The number of hydrogen-bond donors (Lipinski definition) is 2. The summed E-state index contributed by atoms with van der Waals surface area (Å²) < 4.78 is 18.5. The van der Waals surface area contributed by atoms with E-state index in [4.69, 9.17) is 4.74 Å². The Hall–Kier alpha value is -3.66. The van der Waals surface area contributed by atoms with Crippen LogP contribution in [-0.2, 0) is 9.59 Å². The minimum absolute atomic E-state index is 0.0190. The molecule has 3 rings (SSSR count). The lowest BCUT2D eigenvalue weighted by molar-refractivity contribution is -0.125. The quantitative estimate of drug-likeness (QED) is 0.468. The average Bonchev–Trinajstić information content (AvgIpc) is 3.11. The average molecular weight is 514 g/mol. The maximum atomic E-state index is 13.1. The first-order valence-electron chi connectivity index (χ1n) is 11.5. The van der Waals surface area contributed by atoms with Crippen molar-refractivity contribution >= 4 is 40.8 Å². The van der Waals surface area contributed by atoms with E-state index >= 15 is 0 Å². The molecule has 1 saturated heterocycles. The molecular formula is C26H28FN3O5S. The summed E-state index contributed by atoms with van der Waals surface area (Å²) in [4.78, 5) is 51.6. The number of amides is 4. The van der Waals surface area contributed by atoms with Gasteiger partial charge in [-0.15, -0.1) is 0 Å². The monoisotopic (exact) mass is 513 g/mol. The summed E-state index contributed by atoms with van der Waals surface area (Å²) in [6.07, 6.45) is 1.52. The first-order valence-corrected chi connectivity index (χ1v) is 12.3. The number of nitrogens with one attached hydrogen (secondary N) is 2. The number of nitrogens with zero attached hydrogens (tertiary/aromatic N) is 1. The molecule has 0 aromatic heterocycles. The van der Waals surface area contributed by atoms with Gasteiger partial charge in [-0.2, -0.15) is 0 Å². The van der Waals surface area contributed by atoms with Gasteiger partial charge in [0.2, 0.25) is 5.91 Å². The second-order valence-electron chi connectivity index (χ2n) is 8.33. The molecule has 0 aliphatic carbocycles. The van der Waals surface area contributed by atoms with E-state index in [0.717, 1.165) is 16.7 Å². The Kier molecular flexibility index (Phi) is 9.24. The number of halogens is 1. The van der Waals surface area contributed by atoms with E-state index < -0.39 is 34.8 Å². The molecule has 0 radical (unpaired) electrons. The maximum Gasteiger partial charge on any atom is 0.293 e. The van der Waals surface area contributed by atoms with E-state index in [1.165, 1.54) is 30.3 Å². The minimum atomic E-state index is -0.808. The summed E-state index contributed by atoms with van der Waals surface area (Å²) in [5, 5.41) is 4.98. The lowest BCUT2D eigenvalue weighted by Gasteiger charge is -2.22. The van der Waals surface area contributed by atoms with E-state index in [9.17, 15) is 23.6 Å². The van der Waals surface area contributed by atoms with Gasteiger partial charge in [-0.05, 0) is 72.6 Å². The molecule has 1 fully saturated rings. The highest BCUT2D eigenvalue weighted by Crippen LogP contribution is 2.31. The Morgan fingerprint density at radius 1 is 1.08 bits per heavy atom. The van der Waals surface area contributed by atoms with Gasteiger partial charge >= 0.3 is 0 Å². The van der Waals surface area contributed by atoms with Gasteiger partial charge in [-0.25, -0.2) is 4.39 Å². The Balaban J connectivity index is 1.55. The molecule has 1 atom stereocenters. The number of carbonyl (C=O) groups is 4. The van der Waals surface area contributed by atoms with E-state index in [1.807, 2.05) is 6.92 Å². The molecule has 8 nitrogen and oxygen atoms in total.